The molecule has 0 fully saturated rings. The van der Waals surface area contributed by atoms with E-state index in [2.05, 4.69) is 5.32 Å². The van der Waals surface area contributed by atoms with Gasteiger partial charge in [0.1, 0.15) is 5.75 Å². The van der Waals surface area contributed by atoms with Crippen LogP contribution in [0.3, 0.4) is 0 Å². The highest BCUT2D eigenvalue weighted by Gasteiger charge is 2.38. The number of nitrogens with one attached hydrogen (secondary N) is 1. The van der Waals surface area contributed by atoms with Crippen LogP contribution in [0.2, 0.25) is 0 Å². The Bertz CT molecular complexity index is 494. The molecule has 0 aromatic heterocycles. The van der Waals surface area contributed by atoms with Gasteiger partial charge in [0, 0.05) is 6.54 Å². The molecule has 2 N–H and O–H groups in total. The Morgan fingerprint density at radius 2 is 2.05 bits per heavy atom. The molecule has 0 aliphatic heterocycles. The quantitative estimate of drug-likeness (QED) is 0.805. The lowest BCUT2D eigenvalue weighted by molar-refractivity contribution is -0.207. The van der Waals surface area contributed by atoms with E-state index in [1.54, 1.807) is 31.2 Å². The molecule has 22 heavy (non-hydrogen) atoms. The summed E-state index contributed by atoms with van der Waals surface area (Å²) < 4.78 is 42.0. The van der Waals surface area contributed by atoms with E-state index in [1.165, 1.54) is 7.05 Å². The number of carbonyl (C=O) groups excluding carboxylic acids is 1. The van der Waals surface area contributed by atoms with Crippen molar-refractivity contribution in [3.8, 4) is 5.75 Å². The number of benzene rings is 1. The van der Waals surface area contributed by atoms with E-state index < -0.39 is 24.7 Å². The lowest BCUT2D eigenvalue weighted by atomic mass is 10.3. The number of amides is 1. The number of nitrogens with zero attached hydrogens (tertiary/aromatic N) is 1. The Morgan fingerprint density at radius 1 is 1.41 bits per heavy atom. The number of aliphatic hydroxyl groups excluding tert-OH is 1. The zero-order chi connectivity index (χ0) is 16.8. The van der Waals surface area contributed by atoms with Gasteiger partial charge < -0.3 is 15.2 Å². The molecule has 0 saturated heterocycles. The number of alkyl halides is 3. The minimum atomic E-state index is -4.70. The summed E-state index contributed by atoms with van der Waals surface area (Å²) in [4.78, 5) is 12.9. The van der Waals surface area contributed by atoms with Crippen LogP contribution in [0.15, 0.2) is 24.3 Å². The van der Waals surface area contributed by atoms with E-state index in [1.807, 2.05) is 0 Å². The summed E-state index contributed by atoms with van der Waals surface area (Å²) in [7, 11) is 1.32. The maximum Gasteiger partial charge on any atom is 0.415 e. The highest BCUT2D eigenvalue weighted by atomic mass is 19.4. The third-order valence-electron chi connectivity index (χ3n) is 2.74. The van der Waals surface area contributed by atoms with Crippen molar-refractivity contribution in [2.75, 3.05) is 32.1 Å². The Morgan fingerprint density at radius 3 is 2.64 bits per heavy atom. The third-order valence-corrected chi connectivity index (χ3v) is 2.74. The third kappa shape index (κ3) is 5.90. The fourth-order valence-corrected chi connectivity index (χ4v) is 1.75. The second kappa shape index (κ2) is 8.00. The van der Waals surface area contributed by atoms with Crippen LogP contribution in [0, 0.1) is 0 Å². The minimum Gasteiger partial charge on any atom is -0.492 e. The van der Waals surface area contributed by atoms with Gasteiger partial charge >= 0.3 is 6.18 Å². The first-order valence-electron chi connectivity index (χ1n) is 6.69. The number of anilines is 1. The van der Waals surface area contributed by atoms with Crippen LogP contribution in [0.5, 0.6) is 5.75 Å². The van der Waals surface area contributed by atoms with Crippen LogP contribution < -0.4 is 10.1 Å². The predicted molar refractivity (Wildman–Crippen MR) is 75.8 cm³/mol. The first-order chi connectivity index (χ1) is 10.2. The van der Waals surface area contributed by atoms with Gasteiger partial charge in [0.05, 0.1) is 18.8 Å². The molecule has 124 valence electrons. The van der Waals surface area contributed by atoms with Crippen LogP contribution in [0.25, 0.3) is 0 Å². The molecule has 0 aliphatic rings. The van der Waals surface area contributed by atoms with Crippen LogP contribution in [-0.2, 0) is 4.79 Å². The van der Waals surface area contributed by atoms with Gasteiger partial charge in [-0.3, -0.25) is 9.69 Å². The number of para-hydroxylation sites is 2. The molecular formula is C14H19F3N2O3. The molecule has 0 saturated carbocycles. The van der Waals surface area contributed by atoms with Crippen LogP contribution in [-0.4, -0.2) is 54.9 Å². The first kappa shape index (κ1) is 18.2. The van der Waals surface area contributed by atoms with Crippen molar-refractivity contribution in [3.05, 3.63) is 24.3 Å². The molecule has 1 atom stereocenters. The van der Waals surface area contributed by atoms with Gasteiger partial charge in [-0.15, -0.1) is 0 Å². The molecule has 1 unspecified atom stereocenters. The summed E-state index contributed by atoms with van der Waals surface area (Å²) in [6.07, 6.45) is -7.19. The van der Waals surface area contributed by atoms with Crippen molar-refractivity contribution in [3.63, 3.8) is 0 Å². The average molecular weight is 320 g/mol. The molecule has 0 bridgehead atoms. The number of ether oxygens (including phenoxy) is 1. The smallest absolute Gasteiger partial charge is 0.415 e. The summed E-state index contributed by atoms with van der Waals surface area (Å²) in [6.45, 7) is 1.26. The second-order valence-corrected chi connectivity index (χ2v) is 4.73. The van der Waals surface area contributed by atoms with E-state index in [0.717, 1.165) is 4.90 Å². The van der Waals surface area contributed by atoms with Crippen molar-refractivity contribution in [2.24, 2.45) is 0 Å². The van der Waals surface area contributed by atoms with Crippen molar-refractivity contribution in [2.45, 2.75) is 19.2 Å². The monoisotopic (exact) mass is 320 g/mol. The molecule has 0 spiro atoms. The van der Waals surface area contributed by atoms with Crippen LogP contribution in [0.4, 0.5) is 18.9 Å². The van der Waals surface area contributed by atoms with E-state index in [4.69, 9.17) is 9.84 Å². The van der Waals surface area contributed by atoms with Gasteiger partial charge in [0.25, 0.3) is 0 Å². The molecular weight excluding hydrogens is 301 g/mol. The van der Waals surface area contributed by atoms with Gasteiger partial charge in [0.2, 0.25) is 5.91 Å². The van der Waals surface area contributed by atoms with Gasteiger partial charge in [-0.2, -0.15) is 13.2 Å². The van der Waals surface area contributed by atoms with E-state index in [-0.39, 0.29) is 6.54 Å². The fraction of sp³-hybridized carbons (Fsp3) is 0.500. The fourth-order valence-electron chi connectivity index (χ4n) is 1.75. The maximum absolute atomic E-state index is 12.2. The molecule has 1 aromatic carbocycles. The molecule has 0 radical (unpaired) electrons. The number of likely N-dealkylation sites (N-methyl/N-ethyl adjacent to an activating group) is 1. The van der Waals surface area contributed by atoms with E-state index in [9.17, 15) is 18.0 Å². The van der Waals surface area contributed by atoms with Crippen LogP contribution >= 0.6 is 0 Å². The molecule has 0 aliphatic carbocycles. The second-order valence-electron chi connectivity index (χ2n) is 4.73. The number of aliphatic hydroxyl groups is 1. The lowest BCUT2D eigenvalue weighted by Gasteiger charge is -2.22. The Balaban J connectivity index is 2.56. The average Bonchev–Trinajstić information content (AvgIpc) is 2.39. The molecule has 8 heteroatoms. The standard InChI is InChI=1S/C14H19F3N2O3/c1-3-22-11-7-5-4-6-10(11)18-13(21)9-19(2)8-12(20)14(15,16)17/h4-7,12,20H,3,8-9H2,1-2H3,(H,18,21). The number of halogens is 3. The van der Waals surface area contributed by atoms with E-state index in [0.29, 0.717) is 18.0 Å². The number of carbonyl (C=O) groups is 1. The van der Waals surface area contributed by atoms with Gasteiger partial charge in [-0.1, -0.05) is 12.1 Å². The zero-order valence-corrected chi connectivity index (χ0v) is 12.4. The van der Waals surface area contributed by atoms with Gasteiger partial charge in [0.15, 0.2) is 6.10 Å². The van der Waals surface area contributed by atoms with Gasteiger partial charge in [-0.05, 0) is 26.1 Å². The number of hydrogen-bond acceptors (Lipinski definition) is 4. The molecule has 5 nitrogen and oxygen atoms in total. The summed E-state index contributed by atoms with van der Waals surface area (Å²) in [6, 6.07) is 6.76. The van der Waals surface area contributed by atoms with E-state index >= 15 is 0 Å². The Hall–Kier alpha value is -1.80. The largest absolute Gasteiger partial charge is 0.492 e. The Kier molecular flexibility index (Phi) is 6.63. The highest BCUT2D eigenvalue weighted by Crippen LogP contribution is 2.23. The maximum atomic E-state index is 12.2. The highest BCUT2D eigenvalue weighted by molar-refractivity contribution is 5.93. The minimum absolute atomic E-state index is 0.284. The summed E-state index contributed by atoms with van der Waals surface area (Å²) in [5.41, 5.74) is 0.444. The number of rotatable bonds is 7. The zero-order valence-electron chi connectivity index (χ0n) is 12.4. The van der Waals surface area contributed by atoms with Crippen molar-refractivity contribution in [1.82, 2.24) is 4.90 Å². The number of hydrogen-bond donors (Lipinski definition) is 2. The molecule has 1 amide bonds. The summed E-state index contributed by atoms with van der Waals surface area (Å²) in [5.74, 6) is -0.0136. The topological polar surface area (TPSA) is 61.8 Å². The lowest BCUT2D eigenvalue weighted by Crippen LogP contribution is -2.42. The Labute approximate surface area is 126 Å². The van der Waals surface area contributed by atoms with Gasteiger partial charge in [-0.25, -0.2) is 0 Å². The summed E-state index contributed by atoms with van der Waals surface area (Å²) in [5, 5.41) is 11.5. The first-order valence-corrected chi connectivity index (χ1v) is 6.69. The molecule has 1 rings (SSSR count). The normalized spacial score (nSPS) is 13.0. The van der Waals surface area contributed by atoms with Crippen molar-refractivity contribution in [1.29, 1.82) is 0 Å². The summed E-state index contributed by atoms with van der Waals surface area (Å²) >= 11 is 0. The van der Waals surface area contributed by atoms with Crippen molar-refractivity contribution < 1.29 is 27.8 Å². The van der Waals surface area contributed by atoms with Crippen LogP contribution in [0.1, 0.15) is 6.92 Å². The molecule has 0 heterocycles. The van der Waals surface area contributed by atoms with Crippen molar-refractivity contribution >= 4 is 11.6 Å². The SMILES string of the molecule is CCOc1ccccc1NC(=O)CN(C)CC(O)C(F)(F)F. The molecule has 1 aromatic rings. The predicted octanol–water partition coefficient (Wildman–Crippen LogP) is 1.88.